The van der Waals surface area contributed by atoms with Gasteiger partial charge in [0.25, 0.3) is 5.91 Å². The van der Waals surface area contributed by atoms with E-state index in [2.05, 4.69) is 10.2 Å². The van der Waals surface area contributed by atoms with Crippen LogP contribution in [0.25, 0.3) is 0 Å². The lowest BCUT2D eigenvalue weighted by atomic mass is 10.1. The summed E-state index contributed by atoms with van der Waals surface area (Å²) in [7, 11) is 0. The third-order valence-electron chi connectivity index (χ3n) is 4.24. The summed E-state index contributed by atoms with van der Waals surface area (Å²) in [5.41, 5.74) is 8.46. The van der Waals surface area contributed by atoms with Crippen molar-refractivity contribution in [3.8, 4) is 0 Å². The van der Waals surface area contributed by atoms with E-state index >= 15 is 0 Å². The van der Waals surface area contributed by atoms with Crippen LogP contribution in [0, 0.1) is 0 Å². The van der Waals surface area contributed by atoms with Crippen molar-refractivity contribution < 1.29 is 4.79 Å². The van der Waals surface area contributed by atoms with Crippen LogP contribution in [0.3, 0.4) is 0 Å². The number of amides is 1. The third-order valence-corrected chi connectivity index (χ3v) is 5.10. The highest BCUT2D eigenvalue weighted by atomic mass is 35.5. The first-order chi connectivity index (χ1) is 12.0. The molecule has 3 N–H and O–H groups in total. The molecular formula is C18H18Cl3N3O. The molecule has 1 aliphatic heterocycles. The molecule has 7 heteroatoms. The van der Waals surface area contributed by atoms with Crippen LogP contribution in [0.4, 0.5) is 17.1 Å². The van der Waals surface area contributed by atoms with Gasteiger partial charge in [-0.3, -0.25) is 4.79 Å². The summed E-state index contributed by atoms with van der Waals surface area (Å²) in [6.07, 6.45) is 3.48. The van der Waals surface area contributed by atoms with Crippen LogP contribution in [0.2, 0.25) is 15.1 Å². The maximum Gasteiger partial charge on any atom is 0.257 e. The predicted octanol–water partition coefficient (Wildman–Crippen LogP) is 5.47. The lowest BCUT2D eigenvalue weighted by molar-refractivity contribution is 0.102. The van der Waals surface area contributed by atoms with Gasteiger partial charge in [-0.05, 0) is 49.6 Å². The molecule has 132 valence electrons. The Balaban J connectivity index is 1.87. The van der Waals surface area contributed by atoms with E-state index in [-0.39, 0.29) is 10.9 Å². The van der Waals surface area contributed by atoms with Crippen molar-refractivity contribution in [1.29, 1.82) is 0 Å². The smallest absolute Gasteiger partial charge is 0.257 e. The highest BCUT2D eigenvalue weighted by molar-refractivity contribution is 6.38. The number of nitrogens with one attached hydrogen (secondary N) is 1. The summed E-state index contributed by atoms with van der Waals surface area (Å²) in [6.45, 7) is 1.89. The van der Waals surface area contributed by atoms with Crippen LogP contribution in [-0.2, 0) is 0 Å². The molecule has 0 aliphatic carbocycles. The first-order valence-corrected chi connectivity index (χ1v) is 9.19. The average molecular weight is 399 g/mol. The van der Waals surface area contributed by atoms with Gasteiger partial charge in [-0.25, -0.2) is 0 Å². The van der Waals surface area contributed by atoms with E-state index in [0.29, 0.717) is 27.0 Å². The van der Waals surface area contributed by atoms with Crippen molar-refractivity contribution in [2.45, 2.75) is 19.3 Å². The van der Waals surface area contributed by atoms with Crippen LogP contribution in [0.1, 0.15) is 29.6 Å². The molecule has 1 fully saturated rings. The second-order valence-electron chi connectivity index (χ2n) is 6.02. The van der Waals surface area contributed by atoms with Crippen molar-refractivity contribution in [2.24, 2.45) is 0 Å². The maximum absolute atomic E-state index is 12.5. The van der Waals surface area contributed by atoms with E-state index in [1.165, 1.54) is 12.5 Å². The number of hydrogen-bond donors (Lipinski definition) is 2. The molecule has 2 aromatic carbocycles. The largest absolute Gasteiger partial charge is 0.397 e. The lowest BCUT2D eigenvalue weighted by Gasteiger charge is -2.30. The van der Waals surface area contributed by atoms with E-state index in [1.807, 2.05) is 6.07 Å². The number of nitrogens with two attached hydrogens (primary N) is 1. The van der Waals surface area contributed by atoms with Gasteiger partial charge in [-0.1, -0.05) is 34.8 Å². The molecule has 0 radical (unpaired) electrons. The Kier molecular flexibility index (Phi) is 5.62. The van der Waals surface area contributed by atoms with E-state index < -0.39 is 0 Å². The number of rotatable bonds is 3. The van der Waals surface area contributed by atoms with Crippen molar-refractivity contribution in [3.63, 3.8) is 0 Å². The van der Waals surface area contributed by atoms with E-state index in [1.54, 1.807) is 18.2 Å². The SMILES string of the molecule is Nc1cc(Cl)c(NC(=O)c2ccc(Cl)cc2Cl)cc1N1CCCCC1. The van der Waals surface area contributed by atoms with E-state index in [0.717, 1.165) is 31.6 Å². The number of anilines is 3. The quantitative estimate of drug-likeness (QED) is 0.674. The zero-order chi connectivity index (χ0) is 18.0. The fourth-order valence-electron chi connectivity index (χ4n) is 2.94. The van der Waals surface area contributed by atoms with Crippen molar-refractivity contribution in [1.82, 2.24) is 0 Å². The number of hydrogen-bond acceptors (Lipinski definition) is 3. The zero-order valence-electron chi connectivity index (χ0n) is 13.5. The van der Waals surface area contributed by atoms with Gasteiger partial charge < -0.3 is 16.0 Å². The minimum atomic E-state index is -0.349. The molecule has 25 heavy (non-hydrogen) atoms. The standard InChI is InChI=1S/C18H18Cl3N3O/c19-11-4-5-12(13(20)8-11)18(25)23-16-10-17(15(22)9-14(16)21)24-6-2-1-3-7-24/h4-5,8-10H,1-3,6-7,22H2,(H,23,25). The number of benzene rings is 2. The zero-order valence-corrected chi connectivity index (χ0v) is 15.8. The summed E-state index contributed by atoms with van der Waals surface area (Å²) >= 11 is 18.2. The number of carbonyl (C=O) groups excluding carboxylic acids is 1. The average Bonchev–Trinajstić information content (AvgIpc) is 2.58. The summed E-state index contributed by atoms with van der Waals surface area (Å²) in [5.74, 6) is -0.349. The number of halogens is 3. The van der Waals surface area contributed by atoms with Crippen LogP contribution in [-0.4, -0.2) is 19.0 Å². The van der Waals surface area contributed by atoms with E-state index in [4.69, 9.17) is 40.5 Å². The molecule has 0 saturated carbocycles. The Morgan fingerprint density at radius 1 is 1.00 bits per heavy atom. The van der Waals surface area contributed by atoms with Crippen molar-refractivity contribution in [2.75, 3.05) is 29.0 Å². The summed E-state index contributed by atoms with van der Waals surface area (Å²) in [4.78, 5) is 14.8. The molecule has 2 aromatic rings. The first kappa shape index (κ1) is 18.2. The fourth-order valence-corrected chi connectivity index (χ4v) is 3.66. The van der Waals surface area contributed by atoms with Gasteiger partial charge in [-0.2, -0.15) is 0 Å². The molecule has 1 aliphatic rings. The normalized spacial score (nSPS) is 14.4. The van der Waals surface area contributed by atoms with Gasteiger partial charge in [0.15, 0.2) is 0 Å². The van der Waals surface area contributed by atoms with Gasteiger partial charge >= 0.3 is 0 Å². The summed E-state index contributed by atoms with van der Waals surface area (Å²) < 4.78 is 0. The van der Waals surface area contributed by atoms with Gasteiger partial charge in [0.1, 0.15) is 0 Å². The number of carbonyl (C=O) groups is 1. The Labute approximate surface area is 161 Å². The Hall–Kier alpha value is -1.62. The Morgan fingerprint density at radius 3 is 2.40 bits per heavy atom. The Morgan fingerprint density at radius 2 is 1.72 bits per heavy atom. The van der Waals surface area contributed by atoms with Gasteiger partial charge in [0.2, 0.25) is 0 Å². The summed E-state index contributed by atoms with van der Waals surface area (Å²) in [6, 6.07) is 8.22. The predicted molar refractivity (Wildman–Crippen MR) is 106 cm³/mol. The van der Waals surface area contributed by atoms with E-state index in [9.17, 15) is 4.79 Å². The molecule has 1 amide bonds. The lowest BCUT2D eigenvalue weighted by Crippen LogP contribution is -2.30. The molecule has 0 aromatic heterocycles. The van der Waals surface area contributed by atoms with Crippen LogP contribution >= 0.6 is 34.8 Å². The van der Waals surface area contributed by atoms with Crippen molar-refractivity contribution in [3.05, 3.63) is 51.0 Å². The van der Waals surface area contributed by atoms with Gasteiger partial charge in [0.05, 0.1) is 32.7 Å². The molecule has 0 bridgehead atoms. The number of nitrogen functional groups attached to an aromatic ring is 1. The fraction of sp³-hybridized carbons (Fsp3) is 0.278. The van der Waals surface area contributed by atoms with Gasteiger partial charge in [-0.15, -0.1) is 0 Å². The first-order valence-electron chi connectivity index (χ1n) is 8.06. The Bertz CT molecular complexity index is 804. The number of piperidine rings is 1. The molecule has 0 spiro atoms. The molecule has 3 rings (SSSR count). The summed E-state index contributed by atoms with van der Waals surface area (Å²) in [5, 5.41) is 3.96. The third kappa shape index (κ3) is 4.14. The highest BCUT2D eigenvalue weighted by Gasteiger charge is 2.18. The minimum absolute atomic E-state index is 0.285. The van der Waals surface area contributed by atoms with Crippen LogP contribution in [0.5, 0.6) is 0 Å². The van der Waals surface area contributed by atoms with Crippen LogP contribution < -0.4 is 16.0 Å². The van der Waals surface area contributed by atoms with Crippen molar-refractivity contribution >= 4 is 57.8 Å². The topological polar surface area (TPSA) is 58.4 Å². The second kappa shape index (κ2) is 7.73. The monoisotopic (exact) mass is 397 g/mol. The molecule has 4 nitrogen and oxygen atoms in total. The van der Waals surface area contributed by atoms with Crippen LogP contribution in [0.15, 0.2) is 30.3 Å². The van der Waals surface area contributed by atoms with Gasteiger partial charge in [0, 0.05) is 18.1 Å². The molecular weight excluding hydrogens is 381 g/mol. The highest BCUT2D eigenvalue weighted by Crippen LogP contribution is 2.35. The molecule has 1 heterocycles. The second-order valence-corrected chi connectivity index (χ2v) is 7.27. The molecule has 0 atom stereocenters. The molecule has 1 saturated heterocycles. The maximum atomic E-state index is 12.5. The number of nitrogens with zero attached hydrogens (tertiary/aromatic N) is 1. The minimum Gasteiger partial charge on any atom is -0.397 e. The molecule has 0 unspecified atom stereocenters.